The van der Waals surface area contributed by atoms with E-state index in [0.717, 1.165) is 18.4 Å². The van der Waals surface area contributed by atoms with E-state index in [4.69, 9.17) is 5.73 Å². The molecule has 4 nitrogen and oxygen atoms in total. The number of carbonyl (C=O) groups is 2. The molecule has 0 aliphatic heterocycles. The lowest BCUT2D eigenvalue weighted by atomic mass is 10.0. The number of nitrogens with one attached hydrogen (secondary N) is 1. The molecule has 18 heavy (non-hydrogen) atoms. The van der Waals surface area contributed by atoms with Gasteiger partial charge in [0.1, 0.15) is 6.04 Å². The minimum absolute atomic E-state index is 0.0617. The van der Waals surface area contributed by atoms with Gasteiger partial charge in [-0.15, -0.1) is 0 Å². The molecular formula is C14H20N2O2. The van der Waals surface area contributed by atoms with Crippen LogP contribution in [0.15, 0.2) is 30.3 Å². The molecule has 1 aromatic rings. The molecule has 1 aromatic carbocycles. The van der Waals surface area contributed by atoms with Crippen LogP contribution in [-0.4, -0.2) is 18.2 Å². The van der Waals surface area contributed by atoms with Gasteiger partial charge in [-0.2, -0.15) is 0 Å². The molecule has 0 fully saturated rings. The average Bonchev–Trinajstić information content (AvgIpc) is 2.37. The molecular weight excluding hydrogens is 228 g/mol. The molecule has 0 bridgehead atoms. The Hall–Kier alpha value is -1.68. The van der Waals surface area contributed by atoms with E-state index in [-0.39, 0.29) is 11.7 Å². The zero-order valence-corrected chi connectivity index (χ0v) is 10.7. The summed E-state index contributed by atoms with van der Waals surface area (Å²) in [7, 11) is 0. The average molecular weight is 248 g/mol. The summed E-state index contributed by atoms with van der Waals surface area (Å²) >= 11 is 0. The van der Waals surface area contributed by atoms with Gasteiger partial charge >= 0.3 is 0 Å². The highest BCUT2D eigenvalue weighted by Crippen LogP contribution is 2.13. The minimum Gasteiger partial charge on any atom is -0.342 e. The van der Waals surface area contributed by atoms with E-state index < -0.39 is 6.04 Å². The standard InChI is InChI=1S/C14H20N2O2/c1-11(17)14(12-7-3-2-4-8-12)16-13(18)9-5-6-10-15/h2-4,7-8,14H,5-6,9-10,15H2,1H3,(H,16,18). The third-order valence-electron chi connectivity index (χ3n) is 2.70. The van der Waals surface area contributed by atoms with Crippen LogP contribution in [0.1, 0.15) is 37.8 Å². The van der Waals surface area contributed by atoms with Crippen LogP contribution in [0.2, 0.25) is 0 Å². The summed E-state index contributed by atoms with van der Waals surface area (Å²) in [5, 5.41) is 2.76. The number of nitrogens with two attached hydrogens (primary N) is 1. The van der Waals surface area contributed by atoms with Crippen molar-refractivity contribution >= 4 is 11.7 Å². The van der Waals surface area contributed by atoms with Gasteiger partial charge in [-0.05, 0) is 31.9 Å². The Morgan fingerprint density at radius 3 is 2.44 bits per heavy atom. The van der Waals surface area contributed by atoms with Crippen molar-refractivity contribution in [3.8, 4) is 0 Å². The Morgan fingerprint density at radius 2 is 1.89 bits per heavy atom. The van der Waals surface area contributed by atoms with E-state index in [9.17, 15) is 9.59 Å². The summed E-state index contributed by atoms with van der Waals surface area (Å²) in [6.07, 6.45) is 1.99. The number of benzene rings is 1. The van der Waals surface area contributed by atoms with Gasteiger partial charge in [0.05, 0.1) is 0 Å². The lowest BCUT2D eigenvalue weighted by Gasteiger charge is -2.16. The Kier molecular flexibility index (Phi) is 6.08. The maximum Gasteiger partial charge on any atom is 0.220 e. The first-order chi connectivity index (χ1) is 8.65. The van der Waals surface area contributed by atoms with Crippen LogP contribution in [0.25, 0.3) is 0 Å². The SMILES string of the molecule is CC(=O)C(NC(=O)CCCCN)c1ccccc1. The van der Waals surface area contributed by atoms with E-state index >= 15 is 0 Å². The van der Waals surface area contributed by atoms with E-state index in [1.165, 1.54) is 6.92 Å². The van der Waals surface area contributed by atoms with Crippen LogP contribution in [0.4, 0.5) is 0 Å². The summed E-state index contributed by atoms with van der Waals surface area (Å²) in [6.45, 7) is 2.07. The highest BCUT2D eigenvalue weighted by Gasteiger charge is 2.18. The van der Waals surface area contributed by atoms with Crippen molar-refractivity contribution in [3.63, 3.8) is 0 Å². The van der Waals surface area contributed by atoms with Gasteiger partial charge in [0.15, 0.2) is 5.78 Å². The van der Waals surface area contributed by atoms with Crippen LogP contribution >= 0.6 is 0 Å². The Balaban J connectivity index is 2.59. The smallest absolute Gasteiger partial charge is 0.220 e. The molecule has 0 saturated heterocycles. The highest BCUT2D eigenvalue weighted by molar-refractivity contribution is 5.88. The predicted octanol–water partition coefficient (Wildman–Crippen LogP) is 1.56. The summed E-state index contributed by atoms with van der Waals surface area (Å²) < 4.78 is 0. The predicted molar refractivity (Wildman–Crippen MR) is 70.9 cm³/mol. The number of unbranched alkanes of at least 4 members (excludes halogenated alkanes) is 1. The van der Waals surface area contributed by atoms with Gasteiger partial charge in [-0.3, -0.25) is 9.59 Å². The summed E-state index contributed by atoms with van der Waals surface area (Å²) in [6, 6.07) is 8.72. The summed E-state index contributed by atoms with van der Waals surface area (Å²) in [4.78, 5) is 23.3. The number of carbonyl (C=O) groups excluding carboxylic acids is 2. The number of rotatable bonds is 7. The number of hydrogen-bond donors (Lipinski definition) is 2. The number of hydrogen-bond acceptors (Lipinski definition) is 3. The maximum atomic E-state index is 11.7. The van der Waals surface area contributed by atoms with Crippen molar-refractivity contribution in [2.45, 2.75) is 32.2 Å². The molecule has 0 spiro atoms. The van der Waals surface area contributed by atoms with Gasteiger partial charge in [-0.1, -0.05) is 30.3 Å². The molecule has 1 amide bonds. The van der Waals surface area contributed by atoms with E-state index in [1.54, 1.807) is 0 Å². The van der Waals surface area contributed by atoms with Crippen molar-refractivity contribution in [1.29, 1.82) is 0 Å². The third kappa shape index (κ3) is 4.67. The van der Waals surface area contributed by atoms with Gasteiger partial charge < -0.3 is 11.1 Å². The first-order valence-corrected chi connectivity index (χ1v) is 6.20. The normalized spacial score (nSPS) is 11.9. The Bertz CT molecular complexity index is 390. The third-order valence-corrected chi connectivity index (χ3v) is 2.70. The second-order valence-electron chi connectivity index (χ2n) is 4.27. The summed E-state index contributed by atoms with van der Waals surface area (Å²) in [5.74, 6) is -0.166. The first kappa shape index (κ1) is 14.4. The molecule has 0 aliphatic carbocycles. The number of amides is 1. The highest BCUT2D eigenvalue weighted by atomic mass is 16.2. The molecule has 1 unspecified atom stereocenters. The quantitative estimate of drug-likeness (QED) is 0.719. The van der Waals surface area contributed by atoms with Crippen LogP contribution in [-0.2, 0) is 9.59 Å². The minimum atomic E-state index is -0.545. The van der Waals surface area contributed by atoms with Gasteiger partial charge in [0, 0.05) is 6.42 Å². The Labute approximate surface area is 108 Å². The monoisotopic (exact) mass is 248 g/mol. The molecule has 1 rings (SSSR count). The van der Waals surface area contributed by atoms with Crippen LogP contribution in [0.5, 0.6) is 0 Å². The first-order valence-electron chi connectivity index (χ1n) is 6.20. The number of ketones is 1. The van der Waals surface area contributed by atoms with Gasteiger partial charge in [-0.25, -0.2) is 0 Å². The second kappa shape index (κ2) is 7.61. The van der Waals surface area contributed by atoms with Crippen molar-refractivity contribution in [3.05, 3.63) is 35.9 Å². The Morgan fingerprint density at radius 1 is 1.22 bits per heavy atom. The molecule has 1 atom stereocenters. The second-order valence-corrected chi connectivity index (χ2v) is 4.27. The molecule has 98 valence electrons. The van der Waals surface area contributed by atoms with Crippen LogP contribution in [0.3, 0.4) is 0 Å². The molecule has 4 heteroatoms. The fourth-order valence-electron chi connectivity index (χ4n) is 1.73. The fraction of sp³-hybridized carbons (Fsp3) is 0.429. The van der Waals surface area contributed by atoms with Gasteiger partial charge in [0.2, 0.25) is 5.91 Å². The molecule has 0 aromatic heterocycles. The molecule has 0 aliphatic rings. The molecule has 0 heterocycles. The lowest BCUT2D eigenvalue weighted by molar-refractivity contribution is -0.127. The van der Waals surface area contributed by atoms with Crippen molar-refractivity contribution < 1.29 is 9.59 Å². The lowest BCUT2D eigenvalue weighted by Crippen LogP contribution is -2.32. The maximum absolute atomic E-state index is 11.7. The largest absolute Gasteiger partial charge is 0.342 e. The van der Waals surface area contributed by atoms with Crippen LogP contribution in [0, 0.1) is 0 Å². The topological polar surface area (TPSA) is 72.2 Å². The zero-order valence-electron chi connectivity index (χ0n) is 10.7. The molecule has 0 radical (unpaired) electrons. The van der Waals surface area contributed by atoms with Crippen molar-refractivity contribution in [2.24, 2.45) is 5.73 Å². The van der Waals surface area contributed by atoms with Gasteiger partial charge in [0.25, 0.3) is 0 Å². The van der Waals surface area contributed by atoms with E-state index in [0.29, 0.717) is 13.0 Å². The number of Topliss-reactive ketones (excluding diaryl/α,β-unsaturated/α-hetero) is 1. The summed E-state index contributed by atoms with van der Waals surface area (Å²) in [5.41, 5.74) is 6.19. The van der Waals surface area contributed by atoms with E-state index in [1.807, 2.05) is 30.3 Å². The van der Waals surface area contributed by atoms with E-state index in [2.05, 4.69) is 5.32 Å². The molecule has 0 saturated carbocycles. The van der Waals surface area contributed by atoms with Crippen molar-refractivity contribution in [1.82, 2.24) is 5.32 Å². The fourth-order valence-corrected chi connectivity index (χ4v) is 1.73. The zero-order chi connectivity index (χ0) is 13.4. The van der Waals surface area contributed by atoms with Crippen molar-refractivity contribution in [2.75, 3.05) is 6.54 Å². The molecule has 3 N–H and O–H groups in total. The van der Waals surface area contributed by atoms with Crippen LogP contribution < -0.4 is 11.1 Å².